The average molecular weight is 508 g/mol. The van der Waals surface area contributed by atoms with E-state index in [1.807, 2.05) is 19.1 Å². The van der Waals surface area contributed by atoms with Crippen LogP contribution in [0.3, 0.4) is 0 Å². The maximum atomic E-state index is 12.5. The number of nitrogens with one attached hydrogen (secondary N) is 2. The maximum absolute atomic E-state index is 12.5. The van der Waals surface area contributed by atoms with Gasteiger partial charge in [-0.2, -0.15) is 5.10 Å². The second-order valence-electron chi connectivity index (χ2n) is 8.25. The Kier molecular flexibility index (Phi) is 8.25. The Balaban J connectivity index is 1.35. The van der Waals surface area contributed by atoms with Gasteiger partial charge in [-0.3, -0.25) is 9.59 Å². The number of amides is 2. The van der Waals surface area contributed by atoms with Crippen molar-refractivity contribution in [2.75, 3.05) is 12.4 Å². The summed E-state index contributed by atoms with van der Waals surface area (Å²) in [5.74, 6) is -0.290. The first-order valence-corrected chi connectivity index (χ1v) is 11.7. The predicted molar refractivity (Wildman–Crippen MR) is 145 cm³/mol. The van der Waals surface area contributed by atoms with Crippen molar-refractivity contribution in [3.63, 3.8) is 0 Å². The summed E-state index contributed by atoms with van der Waals surface area (Å²) in [7, 11) is 1.55. The highest BCUT2D eigenvalue weighted by Crippen LogP contribution is 2.19. The molecule has 0 saturated heterocycles. The van der Waals surface area contributed by atoms with Gasteiger partial charge in [-0.05, 0) is 79.7 Å². The molecule has 8 heteroatoms. The molecule has 0 aliphatic heterocycles. The van der Waals surface area contributed by atoms with Gasteiger partial charge in [0.15, 0.2) is 0 Å². The van der Waals surface area contributed by atoms with E-state index >= 15 is 0 Å². The zero-order valence-electron chi connectivity index (χ0n) is 20.8. The Morgan fingerprint density at radius 2 is 1.34 bits per heavy atom. The van der Waals surface area contributed by atoms with E-state index in [0.29, 0.717) is 39.4 Å². The fraction of sp³-hybridized carbons (Fsp3) is 0.0667. The molecular formula is C30H25N3O5. The van der Waals surface area contributed by atoms with Crippen LogP contribution in [0.1, 0.15) is 42.2 Å². The number of aryl methyl sites for hydroxylation is 1. The van der Waals surface area contributed by atoms with Crippen LogP contribution >= 0.6 is 0 Å². The molecule has 0 radical (unpaired) electrons. The quantitative estimate of drug-likeness (QED) is 0.147. The minimum Gasteiger partial charge on any atom is -0.497 e. The number of rotatable bonds is 8. The third kappa shape index (κ3) is 6.70. The number of hydrogen-bond donors (Lipinski definition) is 2. The number of carbonyl (C=O) groups is 3. The number of nitrogens with zero attached hydrogens (tertiary/aromatic N) is 1. The first kappa shape index (κ1) is 25.8. The van der Waals surface area contributed by atoms with Crippen LogP contribution in [0.4, 0.5) is 5.69 Å². The standard InChI is InChI=1S/C30H25N3O5/c1-20-7-9-21(10-8-20)28(34)32-25-15-11-22(12-16-25)29(35)33-31-19-24-5-3-4-6-27(24)38-30(36)23-13-17-26(37-2)18-14-23/h3-19H,1-2H3,(H,32,34)(H,33,35)/b31-19-. The van der Waals surface area contributed by atoms with Crippen molar-refractivity contribution in [2.24, 2.45) is 5.10 Å². The Morgan fingerprint density at radius 1 is 0.737 bits per heavy atom. The summed E-state index contributed by atoms with van der Waals surface area (Å²) in [5.41, 5.74) is 5.85. The lowest BCUT2D eigenvalue weighted by Gasteiger charge is -2.08. The largest absolute Gasteiger partial charge is 0.497 e. The van der Waals surface area contributed by atoms with Crippen molar-refractivity contribution in [3.8, 4) is 11.5 Å². The van der Waals surface area contributed by atoms with Gasteiger partial charge in [0.1, 0.15) is 11.5 Å². The molecule has 0 fully saturated rings. The number of ether oxygens (including phenoxy) is 2. The third-order valence-corrected chi connectivity index (χ3v) is 5.54. The minimum absolute atomic E-state index is 0.238. The molecular weight excluding hydrogens is 482 g/mol. The summed E-state index contributed by atoms with van der Waals surface area (Å²) in [6.07, 6.45) is 1.39. The van der Waals surface area contributed by atoms with E-state index in [9.17, 15) is 14.4 Å². The molecule has 190 valence electrons. The molecule has 4 rings (SSSR count). The van der Waals surface area contributed by atoms with Gasteiger partial charge in [0, 0.05) is 22.4 Å². The van der Waals surface area contributed by atoms with Gasteiger partial charge in [0.05, 0.1) is 18.9 Å². The molecule has 4 aromatic rings. The number of methoxy groups -OCH3 is 1. The summed E-state index contributed by atoms with van der Waals surface area (Å²) in [4.78, 5) is 37.4. The van der Waals surface area contributed by atoms with Gasteiger partial charge in [0.25, 0.3) is 11.8 Å². The first-order valence-electron chi connectivity index (χ1n) is 11.7. The molecule has 0 aliphatic rings. The van der Waals surface area contributed by atoms with Gasteiger partial charge >= 0.3 is 5.97 Å². The fourth-order valence-corrected chi connectivity index (χ4v) is 3.40. The van der Waals surface area contributed by atoms with E-state index in [0.717, 1.165) is 5.56 Å². The number of carbonyl (C=O) groups excluding carboxylic acids is 3. The monoisotopic (exact) mass is 507 g/mol. The van der Waals surface area contributed by atoms with Crippen LogP contribution in [0, 0.1) is 6.92 Å². The van der Waals surface area contributed by atoms with Crippen molar-refractivity contribution in [1.82, 2.24) is 5.43 Å². The number of esters is 1. The van der Waals surface area contributed by atoms with Crippen LogP contribution < -0.4 is 20.2 Å². The lowest BCUT2D eigenvalue weighted by Crippen LogP contribution is -2.18. The van der Waals surface area contributed by atoms with Crippen molar-refractivity contribution < 1.29 is 23.9 Å². The normalized spacial score (nSPS) is 10.6. The molecule has 0 aromatic heterocycles. The third-order valence-electron chi connectivity index (χ3n) is 5.54. The van der Waals surface area contributed by atoms with E-state index in [1.165, 1.54) is 6.21 Å². The zero-order chi connectivity index (χ0) is 26.9. The van der Waals surface area contributed by atoms with Gasteiger partial charge in [0.2, 0.25) is 0 Å². The maximum Gasteiger partial charge on any atom is 0.343 e. The molecule has 0 atom stereocenters. The molecule has 38 heavy (non-hydrogen) atoms. The zero-order valence-corrected chi connectivity index (χ0v) is 20.8. The van der Waals surface area contributed by atoms with Gasteiger partial charge in [-0.1, -0.05) is 29.8 Å². The predicted octanol–water partition coefficient (Wildman–Crippen LogP) is 5.24. The molecule has 8 nitrogen and oxygen atoms in total. The summed E-state index contributed by atoms with van der Waals surface area (Å²) in [6, 6.07) is 27.1. The number of hydrazone groups is 1. The molecule has 0 heterocycles. The molecule has 0 bridgehead atoms. The summed E-state index contributed by atoms with van der Waals surface area (Å²) in [6.45, 7) is 1.95. The molecule has 0 unspecified atom stereocenters. The van der Waals surface area contributed by atoms with Crippen LogP contribution in [0.25, 0.3) is 0 Å². The fourth-order valence-electron chi connectivity index (χ4n) is 3.40. The summed E-state index contributed by atoms with van der Waals surface area (Å²) < 4.78 is 10.6. The van der Waals surface area contributed by atoms with E-state index < -0.39 is 11.9 Å². The van der Waals surface area contributed by atoms with Crippen molar-refractivity contribution >= 4 is 29.7 Å². The average Bonchev–Trinajstić information content (AvgIpc) is 2.94. The van der Waals surface area contributed by atoms with Crippen LogP contribution in [0.2, 0.25) is 0 Å². The van der Waals surface area contributed by atoms with E-state index in [-0.39, 0.29) is 5.91 Å². The topological polar surface area (TPSA) is 106 Å². The lowest BCUT2D eigenvalue weighted by atomic mass is 10.1. The number of hydrogen-bond acceptors (Lipinski definition) is 6. The SMILES string of the molecule is COc1ccc(C(=O)Oc2ccccc2/C=N\NC(=O)c2ccc(NC(=O)c3ccc(C)cc3)cc2)cc1. The van der Waals surface area contributed by atoms with Gasteiger partial charge < -0.3 is 14.8 Å². The smallest absolute Gasteiger partial charge is 0.343 e. The second kappa shape index (κ2) is 12.1. The molecule has 0 saturated carbocycles. The Labute approximate surface area is 219 Å². The Morgan fingerprint density at radius 3 is 2.03 bits per heavy atom. The van der Waals surface area contributed by atoms with E-state index in [2.05, 4.69) is 15.8 Å². The second-order valence-corrected chi connectivity index (χ2v) is 8.25. The van der Waals surface area contributed by atoms with Crippen molar-refractivity contribution in [2.45, 2.75) is 6.92 Å². The highest BCUT2D eigenvalue weighted by atomic mass is 16.5. The van der Waals surface area contributed by atoms with Crippen LogP contribution in [0.15, 0.2) is 102 Å². The van der Waals surface area contributed by atoms with Crippen LogP contribution in [-0.4, -0.2) is 31.1 Å². The highest BCUT2D eigenvalue weighted by molar-refractivity contribution is 6.04. The number of anilines is 1. The van der Waals surface area contributed by atoms with Crippen molar-refractivity contribution in [1.29, 1.82) is 0 Å². The molecule has 2 amide bonds. The van der Waals surface area contributed by atoms with Crippen LogP contribution in [0.5, 0.6) is 11.5 Å². The Bertz CT molecular complexity index is 1460. The molecule has 4 aromatic carbocycles. The highest BCUT2D eigenvalue weighted by Gasteiger charge is 2.12. The van der Waals surface area contributed by atoms with E-state index in [4.69, 9.17) is 9.47 Å². The Hall–Kier alpha value is -5.24. The number of para-hydroxylation sites is 1. The first-order chi connectivity index (χ1) is 18.4. The van der Waals surface area contributed by atoms with Gasteiger partial charge in [-0.15, -0.1) is 0 Å². The van der Waals surface area contributed by atoms with Gasteiger partial charge in [-0.25, -0.2) is 10.2 Å². The van der Waals surface area contributed by atoms with E-state index in [1.54, 1.807) is 92.0 Å². The van der Waals surface area contributed by atoms with Crippen molar-refractivity contribution in [3.05, 3.63) is 125 Å². The summed E-state index contributed by atoms with van der Waals surface area (Å²) in [5, 5.41) is 6.80. The molecule has 0 spiro atoms. The molecule has 0 aliphatic carbocycles. The number of benzene rings is 4. The lowest BCUT2D eigenvalue weighted by molar-refractivity contribution is 0.0733. The molecule has 2 N–H and O–H groups in total. The minimum atomic E-state index is -0.535. The van der Waals surface area contributed by atoms with Crippen LogP contribution in [-0.2, 0) is 0 Å². The summed E-state index contributed by atoms with van der Waals surface area (Å²) >= 11 is 0.